The molecular formula is C18H25N5O2. The minimum absolute atomic E-state index is 0.0551. The molecule has 2 N–H and O–H groups in total. The fraction of sp³-hybridized carbons (Fsp3) is 0.500. The van der Waals surface area contributed by atoms with Gasteiger partial charge in [0.1, 0.15) is 18.2 Å². The van der Waals surface area contributed by atoms with Gasteiger partial charge in [-0.15, -0.1) is 0 Å². The van der Waals surface area contributed by atoms with Crippen molar-refractivity contribution in [1.29, 1.82) is 0 Å². The van der Waals surface area contributed by atoms with Crippen molar-refractivity contribution >= 4 is 22.6 Å². The Hall–Kier alpha value is -2.25. The van der Waals surface area contributed by atoms with E-state index in [4.69, 9.17) is 10.5 Å². The lowest BCUT2D eigenvalue weighted by Crippen LogP contribution is -2.49. The summed E-state index contributed by atoms with van der Waals surface area (Å²) in [5.74, 6) is 1.29. The number of hydrogen-bond donors (Lipinski definition) is 1. The molecule has 25 heavy (non-hydrogen) atoms. The van der Waals surface area contributed by atoms with Crippen LogP contribution in [-0.2, 0) is 16.1 Å². The number of rotatable bonds is 5. The third-order valence-corrected chi connectivity index (χ3v) is 4.31. The summed E-state index contributed by atoms with van der Waals surface area (Å²) >= 11 is 0. The maximum Gasteiger partial charge on any atom is 0.248 e. The molecule has 1 aliphatic heterocycles. The molecule has 0 spiro atoms. The first kappa shape index (κ1) is 17.6. The number of ether oxygens (including phenoxy) is 1. The van der Waals surface area contributed by atoms with Gasteiger partial charge in [-0.1, -0.05) is 12.1 Å². The summed E-state index contributed by atoms with van der Waals surface area (Å²) in [5, 5.41) is 0.881. The highest BCUT2D eigenvalue weighted by Crippen LogP contribution is 2.18. The Balaban J connectivity index is 1.56. The van der Waals surface area contributed by atoms with E-state index >= 15 is 0 Å². The number of para-hydroxylation sites is 1. The maximum absolute atomic E-state index is 12.1. The minimum Gasteiger partial charge on any atom is -0.383 e. The maximum atomic E-state index is 12.1. The van der Waals surface area contributed by atoms with Gasteiger partial charge in [0.15, 0.2) is 0 Å². The molecule has 1 aliphatic rings. The molecule has 1 saturated heterocycles. The molecule has 7 nitrogen and oxygen atoms in total. The molecule has 134 valence electrons. The molecule has 1 aromatic heterocycles. The van der Waals surface area contributed by atoms with E-state index in [9.17, 15) is 4.79 Å². The van der Waals surface area contributed by atoms with Gasteiger partial charge in [0.05, 0.1) is 18.2 Å². The van der Waals surface area contributed by atoms with E-state index < -0.39 is 0 Å². The summed E-state index contributed by atoms with van der Waals surface area (Å²) < 4.78 is 5.39. The molecule has 0 atom stereocenters. The Bertz CT molecular complexity index is 741. The highest BCUT2D eigenvalue weighted by molar-refractivity contribution is 5.87. The molecule has 0 radical (unpaired) electrons. The molecule has 0 aliphatic carbocycles. The van der Waals surface area contributed by atoms with Gasteiger partial charge in [0.25, 0.3) is 0 Å². The van der Waals surface area contributed by atoms with Gasteiger partial charge in [0.2, 0.25) is 5.91 Å². The van der Waals surface area contributed by atoms with Crippen LogP contribution in [0.1, 0.15) is 19.7 Å². The van der Waals surface area contributed by atoms with Crippen molar-refractivity contribution < 1.29 is 9.53 Å². The van der Waals surface area contributed by atoms with Crippen LogP contribution in [0.15, 0.2) is 24.3 Å². The van der Waals surface area contributed by atoms with Gasteiger partial charge in [-0.2, -0.15) is 0 Å². The van der Waals surface area contributed by atoms with E-state index in [-0.39, 0.29) is 18.6 Å². The molecule has 0 bridgehead atoms. The van der Waals surface area contributed by atoms with Crippen LogP contribution in [0.5, 0.6) is 0 Å². The first-order valence-corrected chi connectivity index (χ1v) is 8.66. The number of carbonyl (C=O) groups excluding carboxylic acids is 1. The molecular weight excluding hydrogens is 318 g/mol. The van der Waals surface area contributed by atoms with Crippen LogP contribution in [0.3, 0.4) is 0 Å². The number of hydrogen-bond acceptors (Lipinski definition) is 6. The van der Waals surface area contributed by atoms with Crippen LogP contribution in [0.25, 0.3) is 10.9 Å². The lowest BCUT2D eigenvalue weighted by atomic mass is 10.2. The summed E-state index contributed by atoms with van der Waals surface area (Å²) in [5.41, 5.74) is 6.91. The third kappa shape index (κ3) is 4.43. The second-order valence-corrected chi connectivity index (χ2v) is 6.56. The van der Waals surface area contributed by atoms with Crippen LogP contribution in [0.2, 0.25) is 0 Å². The van der Waals surface area contributed by atoms with Crippen LogP contribution in [0.4, 0.5) is 5.82 Å². The predicted molar refractivity (Wildman–Crippen MR) is 96.9 cm³/mol. The quantitative estimate of drug-likeness (QED) is 0.880. The van der Waals surface area contributed by atoms with Crippen LogP contribution >= 0.6 is 0 Å². The number of fused-ring (bicyclic) bond motifs is 1. The molecule has 3 rings (SSSR count). The molecule has 0 unspecified atom stereocenters. The third-order valence-electron chi connectivity index (χ3n) is 4.31. The summed E-state index contributed by atoms with van der Waals surface area (Å²) in [6, 6.07) is 7.75. The normalized spacial score (nSPS) is 15.9. The highest BCUT2D eigenvalue weighted by Gasteiger charge is 2.22. The Labute approximate surface area is 147 Å². The number of aromatic nitrogens is 2. The molecule has 7 heteroatoms. The fourth-order valence-electron chi connectivity index (χ4n) is 2.91. The van der Waals surface area contributed by atoms with E-state index in [1.54, 1.807) is 0 Å². The molecule has 1 amide bonds. The van der Waals surface area contributed by atoms with Crippen molar-refractivity contribution in [2.45, 2.75) is 26.5 Å². The lowest BCUT2D eigenvalue weighted by molar-refractivity contribution is -0.139. The second kappa shape index (κ2) is 7.76. The zero-order chi connectivity index (χ0) is 17.8. The average Bonchev–Trinajstić information content (AvgIpc) is 2.60. The topological polar surface area (TPSA) is 84.6 Å². The zero-order valence-electron chi connectivity index (χ0n) is 14.8. The Kier molecular flexibility index (Phi) is 5.45. The van der Waals surface area contributed by atoms with Crippen LogP contribution in [0, 0.1) is 0 Å². The van der Waals surface area contributed by atoms with Gasteiger partial charge < -0.3 is 15.4 Å². The van der Waals surface area contributed by atoms with Gasteiger partial charge in [-0.25, -0.2) is 9.97 Å². The number of benzene rings is 1. The SMILES string of the molecule is CC(C)OCC(=O)N1CCN(Cc2nc(N)c3ccccc3n2)CC1. The highest BCUT2D eigenvalue weighted by atomic mass is 16.5. The van der Waals surface area contributed by atoms with Crippen molar-refractivity contribution in [2.24, 2.45) is 0 Å². The van der Waals surface area contributed by atoms with E-state index in [2.05, 4.69) is 14.9 Å². The summed E-state index contributed by atoms with van der Waals surface area (Å²) in [6.45, 7) is 7.64. The summed E-state index contributed by atoms with van der Waals surface area (Å²) in [4.78, 5) is 25.2. The fourth-order valence-corrected chi connectivity index (χ4v) is 2.91. The summed E-state index contributed by atoms with van der Waals surface area (Å²) in [7, 11) is 0. The first-order valence-electron chi connectivity index (χ1n) is 8.66. The Morgan fingerprint density at radius 2 is 1.92 bits per heavy atom. The number of nitrogens with two attached hydrogens (primary N) is 1. The molecule has 2 aromatic rings. The van der Waals surface area contributed by atoms with E-state index in [0.717, 1.165) is 29.8 Å². The number of carbonyl (C=O) groups is 1. The van der Waals surface area contributed by atoms with Crippen molar-refractivity contribution in [3.05, 3.63) is 30.1 Å². The zero-order valence-corrected chi connectivity index (χ0v) is 14.8. The van der Waals surface area contributed by atoms with Crippen molar-refractivity contribution in [2.75, 3.05) is 38.5 Å². The van der Waals surface area contributed by atoms with E-state index in [1.165, 1.54) is 0 Å². The van der Waals surface area contributed by atoms with Crippen molar-refractivity contribution in [3.63, 3.8) is 0 Å². The first-order chi connectivity index (χ1) is 12.0. The molecule has 0 saturated carbocycles. The van der Waals surface area contributed by atoms with E-state index in [1.807, 2.05) is 43.0 Å². The van der Waals surface area contributed by atoms with Gasteiger partial charge >= 0.3 is 0 Å². The molecule has 1 aromatic carbocycles. The monoisotopic (exact) mass is 343 g/mol. The minimum atomic E-state index is 0.0551. The second-order valence-electron chi connectivity index (χ2n) is 6.56. The largest absolute Gasteiger partial charge is 0.383 e. The van der Waals surface area contributed by atoms with E-state index in [0.29, 0.717) is 25.5 Å². The Morgan fingerprint density at radius 3 is 2.64 bits per heavy atom. The van der Waals surface area contributed by atoms with Crippen LogP contribution < -0.4 is 5.73 Å². The smallest absolute Gasteiger partial charge is 0.248 e. The number of piperazine rings is 1. The summed E-state index contributed by atoms with van der Waals surface area (Å²) in [6.07, 6.45) is 0.0701. The Morgan fingerprint density at radius 1 is 1.20 bits per heavy atom. The molecule has 1 fully saturated rings. The van der Waals surface area contributed by atoms with Gasteiger partial charge in [-0.05, 0) is 26.0 Å². The van der Waals surface area contributed by atoms with Crippen molar-refractivity contribution in [1.82, 2.24) is 19.8 Å². The number of nitrogen functional groups attached to an aromatic ring is 1. The number of amides is 1. The lowest BCUT2D eigenvalue weighted by Gasteiger charge is -2.34. The van der Waals surface area contributed by atoms with Gasteiger partial charge in [-0.3, -0.25) is 9.69 Å². The van der Waals surface area contributed by atoms with Crippen LogP contribution in [-0.4, -0.2) is 64.6 Å². The number of nitrogens with zero attached hydrogens (tertiary/aromatic N) is 4. The standard InChI is InChI=1S/C18H25N5O2/c1-13(2)25-12-17(24)23-9-7-22(8-10-23)11-16-20-15-6-4-3-5-14(15)18(19)21-16/h3-6,13H,7-12H2,1-2H3,(H2,19,20,21). The predicted octanol–water partition coefficient (Wildman–Crippen LogP) is 1.28. The number of anilines is 1. The average molecular weight is 343 g/mol. The van der Waals surface area contributed by atoms with Crippen molar-refractivity contribution in [3.8, 4) is 0 Å². The van der Waals surface area contributed by atoms with Gasteiger partial charge in [0, 0.05) is 31.6 Å². The molecule has 2 heterocycles.